The molecule has 20 heavy (non-hydrogen) atoms. The molecule has 110 valence electrons. The van der Waals surface area contributed by atoms with Gasteiger partial charge in [-0.25, -0.2) is 9.78 Å². The number of hydrogen-bond acceptors (Lipinski definition) is 4. The van der Waals surface area contributed by atoms with E-state index in [2.05, 4.69) is 10.3 Å². The predicted molar refractivity (Wildman–Crippen MR) is 79.1 cm³/mol. The first-order valence-electron chi connectivity index (χ1n) is 6.36. The molecule has 0 aliphatic heterocycles. The number of rotatable bonds is 5. The molecule has 0 spiro atoms. The molecule has 0 fully saturated rings. The second-order valence-electron chi connectivity index (χ2n) is 5.45. The molecule has 1 aromatic heterocycles. The van der Waals surface area contributed by atoms with E-state index in [9.17, 15) is 9.59 Å². The molecule has 1 atom stereocenters. The van der Waals surface area contributed by atoms with Gasteiger partial charge in [-0.05, 0) is 13.3 Å². The number of carbonyl (C=O) groups excluding carboxylic acids is 1. The minimum Gasteiger partial charge on any atom is -0.480 e. The fourth-order valence-corrected chi connectivity index (χ4v) is 2.56. The van der Waals surface area contributed by atoms with Gasteiger partial charge in [0.2, 0.25) is 0 Å². The number of nitrogens with zero attached hydrogens (tertiary/aromatic N) is 1. The van der Waals surface area contributed by atoms with Crippen LogP contribution in [0, 0.1) is 0 Å². The Bertz CT molecular complexity index is 515. The molecule has 1 heterocycles. The van der Waals surface area contributed by atoms with Crippen molar-refractivity contribution in [2.75, 3.05) is 0 Å². The van der Waals surface area contributed by atoms with Gasteiger partial charge in [-0.2, -0.15) is 0 Å². The lowest BCUT2D eigenvalue weighted by Gasteiger charge is -2.18. The summed E-state index contributed by atoms with van der Waals surface area (Å²) in [7, 11) is 0. The Kier molecular flexibility index (Phi) is 5.44. The van der Waals surface area contributed by atoms with Gasteiger partial charge in [-0.1, -0.05) is 32.9 Å². The lowest BCUT2D eigenvalue weighted by Crippen LogP contribution is -2.40. The summed E-state index contributed by atoms with van der Waals surface area (Å²) in [6.45, 7) is 7.70. The van der Waals surface area contributed by atoms with Crippen molar-refractivity contribution >= 4 is 23.2 Å². The quantitative estimate of drug-likeness (QED) is 0.819. The Morgan fingerprint density at radius 1 is 1.50 bits per heavy atom. The SMILES string of the molecule is C/C=C/CC(NC(=O)c1scnc1C(C)(C)C)C(=O)O. The topological polar surface area (TPSA) is 79.3 Å². The van der Waals surface area contributed by atoms with Crippen LogP contribution in [0.3, 0.4) is 0 Å². The molecular formula is C14H20N2O3S. The highest BCUT2D eigenvalue weighted by Gasteiger charge is 2.27. The summed E-state index contributed by atoms with van der Waals surface area (Å²) in [6.07, 6.45) is 3.74. The number of allylic oxidation sites excluding steroid dienone is 1. The van der Waals surface area contributed by atoms with E-state index in [4.69, 9.17) is 5.11 Å². The summed E-state index contributed by atoms with van der Waals surface area (Å²) in [6, 6.07) is -0.923. The Morgan fingerprint density at radius 3 is 2.65 bits per heavy atom. The predicted octanol–water partition coefficient (Wildman–Crippen LogP) is 2.59. The third-order valence-electron chi connectivity index (χ3n) is 2.69. The molecule has 0 aromatic carbocycles. The van der Waals surface area contributed by atoms with Crippen molar-refractivity contribution in [1.29, 1.82) is 0 Å². The summed E-state index contributed by atoms with van der Waals surface area (Å²) < 4.78 is 0. The van der Waals surface area contributed by atoms with Gasteiger partial charge < -0.3 is 10.4 Å². The number of nitrogens with one attached hydrogen (secondary N) is 1. The Morgan fingerprint density at radius 2 is 2.15 bits per heavy atom. The van der Waals surface area contributed by atoms with Crippen molar-refractivity contribution in [1.82, 2.24) is 10.3 Å². The molecule has 1 rings (SSSR count). The number of carboxylic acid groups (broad SMARTS) is 1. The first kappa shape index (κ1) is 16.4. The smallest absolute Gasteiger partial charge is 0.326 e. The fourth-order valence-electron chi connectivity index (χ4n) is 1.66. The highest BCUT2D eigenvalue weighted by molar-refractivity contribution is 7.11. The molecular weight excluding hydrogens is 276 g/mol. The molecule has 6 heteroatoms. The van der Waals surface area contributed by atoms with Crippen LogP contribution in [0.5, 0.6) is 0 Å². The Balaban J connectivity index is 2.90. The maximum atomic E-state index is 12.2. The van der Waals surface area contributed by atoms with E-state index < -0.39 is 12.0 Å². The fraction of sp³-hybridized carbons (Fsp3) is 0.500. The van der Waals surface area contributed by atoms with Gasteiger partial charge in [-0.15, -0.1) is 11.3 Å². The number of carboxylic acids is 1. The van der Waals surface area contributed by atoms with Crippen LogP contribution in [0.25, 0.3) is 0 Å². The van der Waals surface area contributed by atoms with Crippen molar-refractivity contribution in [2.24, 2.45) is 0 Å². The molecule has 0 aliphatic carbocycles. The van der Waals surface area contributed by atoms with Crippen molar-refractivity contribution in [3.63, 3.8) is 0 Å². The second kappa shape index (κ2) is 6.65. The van der Waals surface area contributed by atoms with Gasteiger partial charge in [0.25, 0.3) is 5.91 Å². The van der Waals surface area contributed by atoms with Gasteiger partial charge in [0.1, 0.15) is 10.9 Å². The highest BCUT2D eigenvalue weighted by Crippen LogP contribution is 2.27. The molecule has 1 amide bonds. The van der Waals surface area contributed by atoms with Crippen LogP contribution >= 0.6 is 11.3 Å². The van der Waals surface area contributed by atoms with Crippen LogP contribution in [0.15, 0.2) is 17.7 Å². The monoisotopic (exact) mass is 296 g/mol. The van der Waals surface area contributed by atoms with Crippen LogP contribution in [0.1, 0.15) is 49.5 Å². The van der Waals surface area contributed by atoms with Gasteiger partial charge in [0, 0.05) is 5.41 Å². The second-order valence-corrected chi connectivity index (χ2v) is 6.30. The number of carbonyl (C=O) groups is 2. The summed E-state index contributed by atoms with van der Waals surface area (Å²) in [4.78, 5) is 28.0. The first-order valence-corrected chi connectivity index (χ1v) is 7.24. The summed E-state index contributed by atoms with van der Waals surface area (Å²) in [5.74, 6) is -1.42. The van der Waals surface area contributed by atoms with E-state index in [1.807, 2.05) is 27.7 Å². The van der Waals surface area contributed by atoms with Gasteiger partial charge >= 0.3 is 5.97 Å². The lowest BCUT2D eigenvalue weighted by atomic mass is 9.91. The van der Waals surface area contributed by atoms with Crippen LogP contribution < -0.4 is 5.32 Å². The van der Waals surface area contributed by atoms with Crippen LogP contribution in [-0.4, -0.2) is 28.0 Å². The maximum Gasteiger partial charge on any atom is 0.326 e. The van der Waals surface area contributed by atoms with E-state index >= 15 is 0 Å². The van der Waals surface area contributed by atoms with Gasteiger partial charge in [0.05, 0.1) is 11.2 Å². The number of hydrogen-bond donors (Lipinski definition) is 2. The van der Waals surface area contributed by atoms with Crippen LogP contribution in [0.4, 0.5) is 0 Å². The maximum absolute atomic E-state index is 12.2. The summed E-state index contributed by atoms with van der Waals surface area (Å²) in [5.41, 5.74) is 2.04. The lowest BCUT2D eigenvalue weighted by molar-refractivity contribution is -0.139. The van der Waals surface area contributed by atoms with Crippen molar-refractivity contribution in [3.05, 3.63) is 28.2 Å². The average molecular weight is 296 g/mol. The molecule has 1 unspecified atom stereocenters. The standard InChI is InChI=1S/C14H20N2O3S/c1-5-6-7-9(13(18)19)16-12(17)10-11(14(2,3)4)15-8-20-10/h5-6,8-9H,7H2,1-4H3,(H,16,17)(H,18,19)/b6-5+. The molecule has 0 saturated heterocycles. The molecule has 0 bridgehead atoms. The highest BCUT2D eigenvalue weighted by atomic mass is 32.1. The minimum atomic E-state index is -1.04. The summed E-state index contributed by atoms with van der Waals surface area (Å²) >= 11 is 1.23. The third kappa shape index (κ3) is 4.16. The number of aromatic nitrogens is 1. The summed E-state index contributed by atoms with van der Waals surface area (Å²) in [5, 5.41) is 11.7. The molecule has 0 aliphatic rings. The molecule has 0 radical (unpaired) electrons. The Labute approximate surface area is 122 Å². The number of aliphatic carboxylic acids is 1. The molecule has 1 aromatic rings. The normalized spacial score (nSPS) is 13.4. The third-order valence-corrected chi connectivity index (χ3v) is 3.52. The van der Waals surface area contributed by atoms with Crippen LogP contribution in [0.2, 0.25) is 0 Å². The number of thiazole rings is 1. The van der Waals surface area contributed by atoms with Crippen molar-refractivity contribution < 1.29 is 14.7 Å². The van der Waals surface area contributed by atoms with E-state index in [0.717, 1.165) is 0 Å². The Hall–Kier alpha value is -1.69. The largest absolute Gasteiger partial charge is 0.480 e. The zero-order valence-corrected chi connectivity index (χ0v) is 13.0. The van der Waals surface area contributed by atoms with Crippen molar-refractivity contribution in [2.45, 2.75) is 45.6 Å². The molecule has 2 N–H and O–H groups in total. The minimum absolute atomic E-state index is 0.255. The molecule has 0 saturated carbocycles. The number of amides is 1. The zero-order chi connectivity index (χ0) is 15.3. The van der Waals surface area contributed by atoms with Crippen molar-refractivity contribution in [3.8, 4) is 0 Å². The molecule has 5 nitrogen and oxygen atoms in total. The van der Waals surface area contributed by atoms with E-state index in [0.29, 0.717) is 10.6 Å². The first-order chi connectivity index (χ1) is 9.27. The van der Waals surface area contributed by atoms with Crippen LogP contribution in [-0.2, 0) is 10.2 Å². The van der Waals surface area contributed by atoms with E-state index in [1.165, 1.54) is 11.3 Å². The van der Waals surface area contributed by atoms with Gasteiger partial charge in [0.15, 0.2) is 0 Å². The van der Waals surface area contributed by atoms with E-state index in [-0.39, 0.29) is 17.7 Å². The van der Waals surface area contributed by atoms with E-state index in [1.54, 1.807) is 17.7 Å². The average Bonchev–Trinajstić information content (AvgIpc) is 2.82. The van der Waals surface area contributed by atoms with Gasteiger partial charge in [-0.3, -0.25) is 4.79 Å². The zero-order valence-electron chi connectivity index (χ0n) is 12.1.